The first-order valence-corrected chi connectivity index (χ1v) is 9.54. The molecule has 0 radical (unpaired) electrons. The molecule has 0 amide bonds. The summed E-state index contributed by atoms with van der Waals surface area (Å²) in [5.74, 6) is 2.81. The minimum atomic E-state index is 0.217. The van der Waals surface area contributed by atoms with Crippen LogP contribution in [-0.4, -0.2) is 47.3 Å². The number of hydrogen-bond donors (Lipinski definition) is 1. The molecule has 2 atom stereocenters. The highest BCUT2D eigenvalue weighted by molar-refractivity contribution is 6.32. The van der Waals surface area contributed by atoms with Crippen LogP contribution in [0.15, 0.2) is 35.8 Å². The van der Waals surface area contributed by atoms with Gasteiger partial charge in [-0.15, -0.1) is 0 Å². The highest BCUT2D eigenvalue weighted by atomic mass is 35.5. The molecule has 0 bridgehead atoms. The van der Waals surface area contributed by atoms with E-state index >= 15 is 0 Å². The van der Waals surface area contributed by atoms with E-state index < -0.39 is 0 Å². The van der Waals surface area contributed by atoms with E-state index in [1.807, 2.05) is 37.9 Å². The molecule has 1 aromatic carbocycles. The molecule has 0 aliphatic carbocycles. The second-order valence-corrected chi connectivity index (χ2v) is 7.41. The normalized spacial score (nSPS) is 22.2. The fraction of sp³-hybridized carbons (Fsp3) is 0.474. The first-order valence-electron chi connectivity index (χ1n) is 9.16. The predicted octanol–water partition coefficient (Wildman–Crippen LogP) is 2.92. The van der Waals surface area contributed by atoms with E-state index in [0.29, 0.717) is 35.0 Å². The molecule has 7 nitrogen and oxygen atoms in total. The average Bonchev–Trinajstić information content (AvgIpc) is 3.35. The van der Waals surface area contributed by atoms with Gasteiger partial charge in [0.1, 0.15) is 0 Å². The molecule has 3 heterocycles. The topological polar surface area (TPSA) is 63.9 Å². The summed E-state index contributed by atoms with van der Waals surface area (Å²) in [6.07, 6.45) is 6.88. The monoisotopic (exact) mass is 389 g/mol. The number of nitrogens with one attached hydrogen (secondary N) is 1. The molecule has 1 fully saturated rings. The minimum absolute atomic E-state index is 0.217. The van der Waals surface area contributed by atoms with Crippen molar-refractivity contribution in [3.05, 3.63) is 41.4 Å². The van der Waals surface area contributed by atoms with Crippen molar-refractivity contribution in [2.75, 3.05) is 26.9 Å². The molecule has 2 aliphatic heterocycles. The van der Waals surface area contributed by atoms with Gasteiger partial charge in [0, 0.05) is 39.1 Å². The molecule has 8 heteroatoms. The molecule has 1 saturated heterocycles. The van der Waals surface area contributed by atoms with Crippen molar-refractivity contribution in [1.29, 1.82) is 0 Å². The molecule has 1 aromatic heterocycles. The third-order valence-electron chi connectivity index (χ3n) is 5.28. The van der Waals surface area contributed by atoms with Gasteiger partial charge in [0.15, 0.2) is 17.5 Å². The Morgan fingerprint density at radius 2 is 2.30 bits per heavy atom. The highest BCUT2D eigenvalue weighted by Gasteiger charge is 2.29. The van der Waals surface area contributed by atoms with E-state index in [0.717, 1.165) is 31.0 Å². The van der Waals surface area contributed by atoms with Crippen molar-refractivity contribution in [3.63, 3.8) is 0 Å². The van der Waals surface area contributed by atoms with Gasteiger partial charge in [-0.25, -0.2) is 4.98 Å². The average molecular weight is 390 g/mol. The summed E-state index contributed by atoms with van der Waals surface area (Å²) < 4.78 is 13.0. The van der Waals surface area contributed by atoms with Crippen LogP contribution in [0.5, 0.6) is 11.5 Å². The zero-order valence-corrected chi connectivity index (χ0v) is 16.3. The van der Waals surface area contributed by atoms with Crippen LogP contribution in [0.2, 0.25) is 5.02 Å². The molecular weight excluding hydrogens is 366 g/mol. The standard InChI is InChI=1S/C19H24ClN5O2/c1-13-3-5-24(10-16(13)25-6-4-22-11-25)19(21-2)23-9-14-7-15(20)18-17(8-14)26-12-27-18/h4,6-8,11,13,16H,3,5,9-10,12H2,1-2H3,(H,21,23). The van der Waals surface area contributed by atoms with Crippen molar-refractivity contribution >= 4 is 17.6 Å². The van der Waals surface area contributed by atoms with Gasteiger partial charge in [-0.2, -0.15) is 0 Å². The van der Waals surface area contributed by atoms with Gasteiger partial charge in [-0.05, 0) is 30.0 Å². The van der Waals surface area contributed by atoms with Crippen molar-refractivity contribution in [2.45, 2.75) is 25.9 Å². The van der Waals surface area contributed by atoms with E-state index in [-0.39, 0.29) is 6.79 Å². The largest absolute Gasteiger partial charge is 0.454 e. The molecule has 2 unspecified atom stereocenters. The number of fused-ring (bicyclic) bond motifs is 1. The van der Waals surface area contributed by atoms with Crippen molar-refractivity contribution in [2.24, 2.45) is 10.9 Å². The van der Waals surface area contributed by atoms with Crippen LogP contribution in [0, 0.1) is 5.92 Å². The zero-order valence-electron chi connectivity index (χ0n) is 15.6. The summed E-state index contributed by atoms with van der Waals surface area (Å²) in [5.41, 5.74) is 1.03. The van der Waals surface area contributed by atoms with Gasteiger partial charge in [0.05, 0.1) is 17.4 Å². The number of guanidine groups is 1. The van der Waals surface area contributed by atoms with E-state index in [4.69, 9.17) is 21.1 Å². The number of likely N-dealkylation sites (tertiary alicyclic amines) is 1. The summed E-state index contributed by atoms with van der Waals surface area (Å²) in [7, 11) is 1.82. The summed E-state index contributed by atoms with van der Waals surface area (Å²) in [4.78, 5) is 11.0. The third kappa shape index (κ3) is 3.69. The first kappa shape index (κ1) is 18.0. The predicted molar refractivity (Wildman–Crippen MR) is 104 cm³/mol. The fourth-order valence-electron chi connectivity index (χ4n) is 3.73. The quantitative estimate of drug-likeness (QED) is 0.646. The van der Waals surface area contributed by atoms with Crippen LogP contribution < -0.4 is 14.8 Å². The molecule has 1 N–H and O–H groups in total. The molecule has 4 rings (SSSR count). The number of nitrogens with zero attached hydrogens (tertiary/aromatic N) is 4. The Labute approximate surface area is 164 Å². The number of ether oxygens (including phenoxy) is 2. The summed E-state index contributed by atoms with van der Waals surface area (Å²) in [6, 6.07) is 4.25. The minimum Gasteiger partial charge on any atom is -0.454 e. The number of imidazole rings is 1. The summed E-state index contributed by atoms with van der Waals surface area (Å²) in [6.45, 7) is 5.01. The lowest BCUT2D eigenvalue weighted by atomic mass is 9.93. The van der Waals surface area contributed by atoms with Gasteiger partial charge >= 0.3 is 0 Å². The Hall–Kier alpha value is -2.41. The molecule has 144 valence electrons. The van der Waals surface area contributed by atoms with E-state index in [1.165, 1.54) is 0 Å². The van der Waals surface area contributed by atoms with Gasteiger partial charge in [0.2, 0.25) is 6.79 Å². The van der Waals surface area contributed by atoms with Gasteiger partial charge < -0.3 is 24.3 Å². The molecule has 27 heavy (non-hydrogen) atoms. The maximum atomic E-state index is 6.28. The summed E-state index contributed by atoms with van der Waals surface area (Å²) >= 11 is 6.28. The molecule has 0 saturated carbocycles. The molecular formula is C19H24ClN5O2. The van der Waals surface area contributed by atoms with E-state index in [9.17, 15) is 0 Å². The maximum absolute atomic E-state index is 6.28. The number of piperidine rings is 1. The lowest BCUT2D eigenvalue weighted by molar-refractivity contribution is 0.174. The van der Waals surface area contributed by atoms with Crippen LogP contribution in [0.4, 0.5) is 0 Å². The van der Waals surface area contributed by atoms with Crippen molar-refractivity contribution in [3.8, 4) is 11.5 Å². The SMILES string of the molecule is CN=C(NCc1cc(Cl)c2c(c1)OCO2)N1CCC(C)C(n2ccnc2)C1. The number of aliphatic imine (C=N–C) groups is 1. The maximum Gasteiger partial charge on any atom is 0.231 e. The Bertz CT molecular complexity index is 824. The zero-order chi connectivity index (χ0) is 18.8. The second-order valence-electron chi connectivity index (χ2n) is 7.00. The van der Waals surface area contributed by atoms with Crippen molar-refractivity contribution in [1.82, 2.24) is 19.8 Å². The van der Waals surface area contributed by atoms with E-state index in [2.05, 4.69) is 31.7 Å². The second kappa shape index (κ2) is 7.68. The molecule has 0 spiro atoms. The summed E-state index contributed by atoms with van der Waals surface area (Å²) in [5, 5.41) is 4.02. The highest BCUT2D eigenvalue weighted by Crippen LogP contribution is 2.39. The Kier molecular flexibility index (Phi) is 5.11. The Balaban J connectivity index is 1.43. The molecule has 2 aromatic rings. The van der Waals surface area contributed by atoms with E-state index in [1.54, 1.807) is 0 Å². The third-order valence-corrected chi connectivity index (χ3v) is 5.56. The van der Waals surface area contributed by atoms with Crippen LogP contribution >= 0.6 is 11.6 Å². The number of halogens is 1. The van der Waals surface area contributed by atoms with Crippen LogP contribution in [0.25, 0.3) is 0 Å². The lowest BCUT2D eigenvalue weighted by Gasteiger charge is -2.39. The Morgan fingerprint density at radius 1 is 1.41 bits per heavy atom. The first-order chi connectivity index (χ1) is 13.2. The van der Waals surface area contributed by atoms with Gasteiger partial charge in [-0.3, -0.25) is 4.99 Å². The number of rotatable bonds is 3. The van der Waals surface area contributed by atoms with Crippen LogP contribution in [0.3, 0.4) is 0 Å². The van der Waals surface area contributed by atoms with Crippen LogP contribution in [-0.2, 0) is 6.54 Å². The Morgan fingerprint density at radius 3 is 3.07 bits per heavy atom. The lowest BCUT2D eigenvalue weighted by Crippen LogP contribution is -2.48. The van der Waals surface area contributed by atoms with Gasteiger partial charge in [0.25, 0.3) is 0 Å². The van der Waals surface area contributed by atoms with Crippen molar-refractivity contribution < 1.29 is 9.47 Å². The number of aromatic nitrogens is 2. The van der Waals surface area contributed by atoms with Crippen LogP contribution in [0.1, 0.15) is 24.9 Å². The molecule has 2 aliphatic rings. The smallest absolute Gasteiger partial charge is 0.231 e. The number of hydrogen-bond acceptors (Lipinski definition) is 4. The van der Waals surface area contributed by atoms with Gasteiger partial charge in [-0.1, -0.05) is 18.5 Å². The number of benzene rings is 1. The fourth-order valence-corrected chi connectivity index (χ4v) is 4.02.